The summed E-state index contributed by atoms with van der Waals surface area (Å²) in [5.74, 6) is 1.53. The van der Waals surface area contributed by atoms with Crippen molar-refractivity contribution in [3.8, 4) is 10.7 Å². The van der Waals surface area contributed by atoms with E-state index in [9.17, 15) is 0 Å². The maximum Gasteiger partial charge on any atom is 0.224 e. The van der Waals surface area contributed by atoms with Gasteiger partial charge < -0.3 is 5.32 Å². The fourth-order valence-corrected chi connectivity index (χ4v) is 2.47. The largest absolute Gasteiger partial charge is 0.357 e. The lowest BCUT2D eigenvalue weighted by Gasteiger charge is -2.15. The molecule has 1 N–H and O–H groups in total. The Bertz CT molecular complexity index is 521. The van der Waals surface area contributed by atoms with E-state index in [1.807, 2.05) is 18.7 Å². The summed E-state index contributed by atoms with van der Waals surface area (Å²) in [4.78, 5) is 0.981. The van der Waals surface area contributed by atoms with Gasteiger partial charge in [0.2, 0.25) is 5.95 Å². The highest BCUT2D eigenvalue weighted by Crippen LogP contribution is 2.33. The number of nitrogens with one attached hydrogen (secondary N) is 1. The normalized spacial score (nSPS) is 11.8. The van der Waals surface area contributed by atoms with Crippen molar-refractivity contribution in [1.29, 1.82) is 0 Å². The lowest BCUT2D eigenvalue weighted by Crippen LogP contribution is -2.13. The minimum atomic E-state index is -0.0475. The molecule has 0 spiro atoms. The Kier molecular flexibility index (Phi) is 2.86. The van der Waals surface area contributed by atoms with Crippen molar-refractivity contribution in [3.05, 3.63) is 5.69 Å². The average Bonchev–Trinajstić information content (AvgIpc) is 2.82. The third kappa shape index (κ3) is 2.02. The van der Waals surface area contributed by atoms with Gasteiger partial charge in [0.1, 0.15) is 4.88 Å². The van der Waals surface area contributed by atoms with Crippen LogP contribution in [0.4, 0.5) is 5.95 Å². The lowest BCUT2D eigenvalue weighted by molar-refractivity contribution is 0.567. The summed E-state index contributed by atoms with van der Waals surface area (Å²) in [6.45, 7) is 6.34. The molecule has 0 aromatic carbocycles. The van der Waals surface area contributed by atoms with Crippen molar-refractivity contribution in [2.75, 3.05) is 12.4 Å². The van der Waals surface area contributed by atoms with E-state index in [1.54, 1.807) is 0 Å². The molecule has 2 aromatic rings. The first-order chi connectivity index (χ1) is 7.95. The van der Waals surface area contributed by atoms with Gasteiger partial charge in [0.15, 0.2) is 5.82 Å². The number of aromatic nitrogens is 5. The number of nitrogens with zero attached hydrogens (tertiary/aromatic N) is 5. The molecule has 0 atom stereocenters. The molecule has 0 amide bonds. The molecule has 2 heterocycles. The zero-order valence-electron chi connectivity index (χ0n) is 10.6. The molecule has 6 nitrogen and oxygen atoms in total. The van der Waals surface area contributed by atoms with Crippen molar-refractivity contribution >= 4 is 17.5 Å². The van der Waals surface area contributed by atoms with Gasteiger partial charge in [0.05, 0.1) is 5.69 Å². The molecule has 17 heavy (non-hydrogen) atoms. The van der Waals surface area contributed by atoms with Crippen molar-refractivity contribution in [2.45, 2.75) is 26.2 Å². The van der Waals surface area contributed by atoms with Gasteiger partial charge in [-0.2, -0.15) is 0 Å². The van der Waals surface area contributed by atoms with Crippen LogP contribution in [0.2, 0.25) is 0 Å². The van der Waals surface area contributed by atoms with Crippen LogP contribution >= 0.6 is 11.5 Å². The monoisotopic (exact) mass is 252 g/mol. The van der Waals surface area contributed by atoms with Crippen LogP contribution in [0.25, 0.3) is 10.7 Å². The molecule has 0 radical (unpaired) electrons. The Balaban J connectivity index is 2.54. The number of hydrogen-bond donors (Lipinski definition) is 1. The molecule has 92 valence electrons. The van der Waals surface area contributed by atoms with Crippen LogP contribution in [-0.2, 0) is 12.5 Å². The van der Waals surface area contributed by atoms with E-state index >= 15 is 0 Å². The first-order valence-electron chi connectivity index (χ1n) is 5.35. The summed E-state index contributed by atoms with van der Waals surface area (Å²) in [5.41, 5.74) is 0.911. The number of hydrogen-bond acceptors (Lipinski definition) is 6. The number of anilines is 1. The predicted octanol–water partition coefficient (Wildman–Crippen LogP) is 1.67. The maximum absolute atomic E-state index is 4.21. The van der Waals surface area contributed by atoms with Gasteiger partial charge in [-0.05, 0) is 11.5 Å². The zero-order valence-corrected chi connectivity index (χ0v) is 11.5. The summed E-state index contributed by atoms with van der Waals surface area (Å²) >= 11 is 1.36. The van der Waals surface area contributed by atoms with Gasteiger partial charge in [0.25, 0.3) is 0 Å². The molecule has 0 saturated carbocycles. The fourth-order valence-electron chi connectivity index (χ4n) is 1.57. The van der Waals surface area contributed by atoms with E-state index in [-0.39, 0.29) is 5.41 Å². The minimum absolute atomic E-state index is 0.0475. The van der Waals surface area contributed by atoms with Gasteiger partial charge in [-0.15, -0.1) is 15.3 Å². The van der Waals surface area contributed by atoms with Gasteiger partial charge in [-0.25, -0.2) is 0 Å². The highest BCUT2D eigenvalue weighted by Gasteiger charge is 2.26. The van der Waals surface area contributed by atoms with Crippen molar-refractivity contribution in [1.82, 2.24) is 24.4 Å². The van der Waals surface area contributed by atoms with E-state index in [2.05, 4.69) is 45.9 Å². The third-order valence-electron chi connectivity index (χ3n) is 2.50. The maximum atomic E-state index is 4.21. The van der Waals surface area contributed by atoms with E-state index in [0.717, 1.165) is 22.3 Å². The molecular weight excluding hydrogens is 236 g/mol. The Labute approximate surface area is 104 Å². The van der Waals surface area contributed by atoms with E-state index in [4.69, 9.17) is 0 Å². The van der Waals surface area contributed by atoms with E-state index < -0.39 is 0 Å². The van der Waals surface area contributed by atoms with Crippen molar-refractivity contribution in [2.24, 2.45) is 7.05 Å². The van der Waals surface area contributed by atoms with Gasteiger partial charge >= 0.3 is 0 Å². The zero-order chi connectivity index (χ0) is 12.6. The standard InChI is InChI=1S/C10H16N6S/c1-10(2,3)7-6(17-15-12-7)8-13-14-9(11-4)16(8)5/h1-5H3,(H,11,14). The smallest absolute Gasteiger partial charge is 0.224 e. The topological polar surface area (TPSA) is 68.5 Å². The molecule has 0 aliphatic rings. The molecular formula is C10H16N6S. The molecule has 2 rings (SSSR count). The Hall–Kier alpha value is -1.50. The fraction of sp³-hybridized carbons (Fsp3) is 0.600. The van der Waals surface area contributed by atoms with Crippen LogP contribution in [0.3, 0.4) is 0 Å². The lowest BCUT2D eigenvalue weighted by atomic mass is 9.91. The van der Waals surface area contributed by atoms with Crippen LogP contribution in [0.1, 0.15) is 26.5 Å². The Morgan fingerprint density at radius 2 is 1.88 bits per heavy atom. The van der Waals surface area contributed by atoms with Crippen LogP contribution in [0.5, 0.6) is 0 Å². The molecule has 0 bridgehead atoms. The summed E-state index contributed by atoms with van der Waals surface area (Å²) < 4.78 is 5.94. The van der Waals surface area contributed by atoms with Crippen LogP contribution in [0, 0.1) is 0 Å². The van der Waals surface area contributed by atoms with Crippen molar-refractivity contribution in [3.63, 3.8) is 0 Å². The minimum Gasteiger partial charge on any atom is -0.357 e. The quantitative estimate of drug-likeness (QED) is 0.880. The van der Waals surface area contributed by atoms with E-state index in [0.29, 0.717) is 0 Å². The molecule has 0 saturated heterocycles. The van der Waals surface area contributed by atoms with Crippen LogP contribution < -0.4 is 5.32 Å². The molecule has 0 aliphatic carbocycles. The molecule has 0 aliphatic heterocycles. The molecule has 7 heteroatoms. The summed E-state index contributed by atoms with van der Waals surface area (Å²) in [6.07, 6.45) is 0. The average molecular weight is 252 g/mol. The Morgan fingerprint density at radius 3 is 2.41 bits per heavy atom. The second kappa shape index (κ2) is 4.06. The van der Waals surface area contributed by atoms with Crippen molar-refractivity contribution < 1.29 is 0 Å². The highest BCUT2D eigenvalue weighted by atomic mass is 32.1. The molecule has 2 aromatic heterocycles. The number of rotatable bonds is 2. The Morgan fingerprint density at radius 1 is 1.18 bits per heavy atom. The summed E-state index contributed by atoms with van der Waals surface area (Å²) in [5, 5.41) is 15.4. The van der Waals surface area contributed by atoms with Gasteiger partial charge in [-0.3, -0.25) is 4.57 Å². The third-order valence-corrected chi connectivity index (χ3v) is 3.22. The van der Waals surface area contributed by atoms with E-state index in [1.165, 1.54) is 11.5 Å². The second-order valence-corrected chi connectivity index (χ2v) is 5.61. The molecule has 0 fully saturated rings. The first kappa shape index (κ1) is 12.0. The highest BCUT2D eigenvalue weighted by molar-refractivity contribution is 7.09. The summed E-state index contributed by atoms with van der Waals surface area (Å²) in [7, 11) is 3.75. The van der Waals surface area contributed by atoms with Crippen LogP contribution in [-0.4, -0.2) is 31.4 Å². The summed E-state index contributed by atoms with van der Waals surface area (Å²) in [6, 6.07) is 0. The molecule has 0 unspecified atom stereocenters. The van der Waals surface area contributed by atoms with Gasteiger partial charge in [-0.1, -0.05) is 25.3 Å². The second-order valence-electron chi connectivity index (χ2n) is 4.86. The van der Waals surface area contributed by atoms with Crippen LogP contribution in [0.15, 0.2) is 0 Å². The first-order valence-corrected chi connectivity index (χ1v) is 6.13. The predicted molar refractivity (Wildman–Crippen MR) is 68.2 cm³/mol. The van der Waals surface area contributed by atoms with Gasteiger partial charge in [0, 0.05) is 19.5 Å². The SMILES string of the molecule is CNc1nnc(-c2snnc2C(C)(C)C)n1C.